The van der Waals surface area contributed by atoms with Crippen LogP contribution < -0.4 is 5.09 Å². The Morgan fingerprint density at radius 2 is 1.92 bits per heavy atom. The molecule has 1 aliphatic heterocycles. The zero-order valence-corrected chi connectivity index (χ0v) is 8.69. The zero-order chi connectivity index (χ0) is 9.24. The van der Waals surface area contributed by atoms with Gasteiger partial charge in [-0.2, -0.15) is 0 Å². The van der Waals surface area contributed by atoms with Crippen LogP contribution in [0.1, 0.15) is 20.8 Å². The molecule has 1 aliphatic rings. The van der Waals surface area contributed by atoms with Crippen molar-refractivity contribution in [3.63, 3.8) is 0 Å². The molecule has 0 unspecified atom stereocenters. The summed E-state index contributed by atoms with van der Waals surface area (Å²) < 4.78 is 21.9. The molecule has 0 spiro atoms. The van der Waals surface area contributed by atoms with E-state index in [1.165, 1.54) is 0 Å². The minimum atomic E-state index is -2.94. The summed E-state index contributed by atoms with van der Waals surface area (Å²) in [5.74, 6) is 0. The number of rotatable bonds is 2. The third-order valence-electron chi connectivity index (χ3n) is 1.60. The van der Waals surface area contributed by atoms with E-state index in [-0.39, 0.29) is 5.41 Å². The van der Waals surface area contributed by atoms with Gasteiger partial charge >= 0.3 is 7.75 Å². The Morgan fingerprint density at radius 1 is 1.42 bits per heavy atom. The van der Waals surface area contributed by atoms with E-state index in [9.17, 15) is 4.57 Å². The first-order valence-corrected chi connectivity index (χ1v) is 5.66. The highest BCUT2D eigenvalue weighted by Gasteiger charge is 2.35. The van der Waals surface area contributed by atoms with E-state index in [0.717, 1.165) is 0 Å². The van der Waals surface area contributed by atoms with Gasteiger partial charge in [-0.3, -0.25) is 9.05 Å². The van der Waals surface area contributed by atoms with Crippen LogP contribution in [-0.4, -0.2) is 19.8 Å². The van der Waals surface area contributed by atoms with Crippen LogP contribution in [0.2, 0.25) is 0 Å². The lowest BCUT2D eigenvalue weighted by Gasteiger charge is -2.33. The third-order valence-corrected chi connectivity index (χ3v) is 3.24. The second kappa shape index (κ2) is 3.46. The van der Waals surface area contributed by atoms with Crippen LogP contribution in [0.4, 0.5) is 0 Å². The van der Waals surface area contributed by atoms with Crippen LogP contribution in [0, 0.1) is 5.41 Å². The summed E-state index contributed by atoms with van der Waals surface area (Å²) in [7, 11) is -2.94. The first kappa shape index (κ1) is 10.2. The van der Waals surface area contributed by atoms with Gasteiger partial charge in [0, 0.05) is 12.0 Å². The van der Waals surface area contributed by atoms with Gasteiger partial charge in [0.25, 0.3) is 0 Å². The maximum Gasteiger partial charge on any atom is 0.405 e. The van der Waals surface area contributed by atoms with Gasteiger partial charge in [0.05, 0.1) is 13.2 Å². The lowest BCUT2D eigenvalue weighted by Crippen LogP contribution is -2.32. The molecule has 1 heterocycles. The van der Waals surface area contributed by atoms with Crippen LogP contribution >= 0.6 is 7.75 Å². The molecule has 0 atom stereocenters. The van der Waals surface area contributed by atoms with Crippen molar-refractivity contribution in [2.75, 3.05) is 19.8 Å². The van der Waals surface area contributed by atoms with Gasteiger partial charge in [0.1, 0.15) is 0 Å². The summed E-state index contributed by atoms with van der Waals surface area (Å²) in [6.07, 6.45) is 0. The highest BCUT2D eigenvalue weighted by molar-refractivity contribution is 7.51. The molecule has 1 fully saturated rings. The maximum absolute atomic E-state index is 11.6. The van der Waals surface area contributed by atoms with E-state index >= 15 is 0 Å². The van der Waals surface area contributed by atoms with Crippen LogP contribution in [0.5, 0.6) is 0 Å². The van der Waals surface area contributed by atoms with E-state index in [2.05, 4.69) is 5.09 Å². The SMILES string of the molecule is CCNP1(=O)OCC(C)(C)CO1. The van der Waals surface area contributed by atoms with Crippen molar-refractivity contribution >= 4 is 7.75 Å². The molecular weight excluding hydrogens is 177 g/mol. The summed E-state index contributed by atoms with van der Waals surface area (Å²) in [6.45, 7) is 7.46. The Morgan fingerprint density at radius 3 is 2.33 bits per heavy atom. The molecule has 5 heteroatoms. The smallest absolute Gasteiger partial charge is 0.296 e. The quantitative estimate of drug-likeness (QED) is 0.679. The fourth-order valence-electron chi connectivity index (χ4n) is 0.883. The van der Waals surface area contributed by atoms with E-state index < -0.39 is 7.75 Å². The molecule has 0 aromatic rings. The topological polar surface area (TPSA) is 47.6 Å². The largest absolute Gasteiger partial charge is 0.405 e. The molecular formula is C7H16NO3P. The fourth-order valence-corrected chi connectivity index (χ4v) is 2.57. The van der Waals surface area contributed by atoms with E-state index in [1.807, 2.05) is 20.8 Å². The molecule has 0 aliphatic carbocycles. The van der Waals surface area contributed by atoms with Crippen molar-refractivity contribution in [2.45, 2.75) is 20.8 Å². The highest BCUT2D eigenvalue weighted by atomic mass is 31.2. The van der Waals surface area contributed by atoms with Crippen molar-refractivity contribution < 1.29 is 13.6 Å². The molecule has 0 aromatic carbocycles. The minimum absolute atomic E-state index is 0.0245. The van der Waals surface area contributed by atoms with Crippen molar-refractivity contribution in [3.05, 3.63) is 0 Å². The van der Waals surface area contributed by atoms with Crippen LogP contribution in [0.15, 0.2) is 0 Å². The normalized spacial score (nSPS) is 26.9. The van der Waals surface area contributed by atoms with Gasteiger partial charge in [-0.1, -0.05) is 20.8 Å². The average molecular weight is 193 g/mol. The molecule has 0 aromatic heterocycles. The lowest BCUT2D eigenvalue weighted by atomic mass is 9.97. The summed E-state index contributed by atoms with van der Waals surface area (Å²) in [6, 6.07) is 0. The molecule has 12 heavy (non-hydrogen) atoms. The Hall–Kier alpha value is 0.110. The Labute approximate surface area is 73.2 Å². The number of hydrogen-bond acceptors (Lipinski definition) is 3. The van der Waals surface area contributed by atoms with Gasteiger partial charge in [-0.25, -0.2) is 9.65 Å². The predicted molar refractivity (Wildman–Crippen MR) is 47.0 cm³/mol. The van der Waals surface area contributed by atoms with Gasteiger partial charge < -0.3 is 0 Å². The molecule has 72 valence electrons. The van der Waals surface area contributed by atoms with Gasteiger partial charge in [0.15, 0.2) is 0 Å². The molecule has 0 radical (unpaired) electrons. The molecule has 1 N–H and O–H groups in total. The summed E-state index contributed by atoms with van der Waals surface area (Å²) in [5, 5.41) is 2.71. The Balaban J connectivity index is 2.50. The Bertz CT molecular complexity index is 191. The summed E-state index contributed by atoms with van der Waals surface area (Å²) >= 11 is 0. The zero-order valence-electron chi connectivity index (χ0n) is 7.79. The average Bonchev–Trinajstić information content (AvgIpc) is 1.98. The van der Waals surface area contributed by atoms with Gasteiger partial charge in [0.2, 0.25) is 0 Å². The lowest BCUT2D eigenvalue weighted by molar-refractivity contribution is 0.0374. The van der Waals surface area contributed by atoms with Gasteiger partial charge in [-0.05, 0) is 0 Å². The fraction of sp³-hybridized carbons (Fsp3) is 1.00. The number of nitrogens with one attached hydrogen (secondary N) is 1. The van der Waals surface area contributed by atoms with Crippen molar-refractivity contribution in [1.82, 2.24) is 5.09 Å². The summed E-state index contributed by atoms with van der Waals surface area (Å²) in [4.78, 5) is 0. The van der Waals surface area contributed by atoms with Gasteiger partial charge in [-0.15, -0.1) is 0 Å². The second-order valence-electron chi connectivity index (χ2n) is 3.72. The third kappa shape index (κ3) is 2.56. The molecule has 1 saturated heterocycles. The molecule has 1 rings (SSSR count). The second-order valence-corrected chi connectivity index (χ2v) is 5.55. The molecule has 4 nitrogen and oxygen atoms in total. The monoisotopic (exact) mass is 193 g/mol. The molecule has 0 bridgehead atoms. The highest BCUT2D eigenvalue weighted by Crippen LogP contribution is 2.49. The van der Waals surface area contributed by atoms with Crippen LogP contribution in [0.25, 0.3) is 0 Å². The number of hydrogen-bond donors (Lipinski definition) is 1. The van der Waals surface area contributed by atoms with E-state index in [0.29, 0.717) is 19.8 Å². The first-order valence-electron chi connectivity index (χ1n) is 4.12. The van der Waals surface area contributed by atoms with Crippen LogP contribution in [0.3, 0.4) is 0 Å². The maximum atomic E-state index is 11.6. The van der Waals surface area contributed by atoms with Crippen molar-refractivity contribution in [3.8, 4) is 0 Å². The molecule has 0 saturated carbocycles. The van der Waals surface area contributed by atoms with Crippen molar-refractivity contribution in [2.24, 2.45) is 5.41 Å². The first-order chi connectivity index (χ1) is 5.47. The standard InChI is InChI=1S/C7H16NO3P/c1-4-8-12(9)10-5-7(2,3)6-11-12/h4-6H2,1-3H3,(H,8,9). The summed E-state index contributed by atoms with van der Waals surface area (Å²) in [5.41, 5.74) is -0.0245. The predicted octanol–water partition coefficient (Wildman–Crippen LogP) is 1.78. The van der Waals surface area contributed by atoms with E-state index in [1.54, 1.807) is 0 Å². The van der Waals surface area contributed by atoms with Crippen LogP contribution in [-0.2, 0) is 13.6 Å². The molecule has 0 amide bonds. The van der Waals surface area contributed by atoms with E-state index in [4.69, 9.17) is 9.05 Å². The Kier molecular flexibility index (Phi) is 2.94. The van der Waals surface area contributed by atoms with Crippen molar-refractivity contribution in [1.29, 1.82) is 0 Å². The minimum Gasteiger partial charge on any atom is -0.296 e.